The molecule has 0 aliphatic carbocycles. The van der Waals surface area contributed by atoms with Crippen molar-refractivity contribution in [3.8, 4) is 23.0 Å². The summed E-state index contributed by atoms with van der Waals surface area (Å²) in [6.45, 7) is 0. The Hall–Kier alpha value is -2.69. The van der Waals surface area contributed by atoms with Gasteiger partial charge in [-0.2, -0.15) is 0 Å². The number of rotatable bonds is 3. The van der Waals surface area contributed by atoms with Gasteiger partial charge in [-0.25, -0.2) is 0 Å². The first-order valence-corrected chi connectivity index (χ1v) is 5.76. The Morgan fingerprint density at radius 3 is 1.85 bits per heavy atom. The summed E-state index contributed by atoms with van der Waals surface area (Å²) < 4.78 is 9.99. The van der Waals surface area contributed by atoms with E-state index in [2.05, 4.69) is 0 Å². The highest BCUT2D eigenvalue weighted by molar-refractivity contribution is 5.76. The molecule has 0 atom stereocenters. The van der Waals surface area contributed by atoms with E-state index in [4.69, 9.17) is 19.7 Å². The molecule has 2 rings (SSSR count). The summed E-state index contributed by atoms with van der Waals surface area (Å²) in [6.07, 6.45) is 0.766. The van der Waals surface area contributed by atoms with Crippen molar-refractivity contribution >= 4 is 6.29 Å². The third-order valence-corrected chi connectivity index (χ3v) is 2.43. The molecule has 106 valence electrons. The fraction of sp³-hybridized carbons (Fsp3) is 0.133. The number of phenols is 2. The second kappa shape index (κ2) is 7.68. The Bertz CT molecular complexity index is 545. The normalized spacial score (nSPS) is 9.10. The van der Waals surface area contributed by atoms with Crippen molar-refractivity contribution in [2.75, 3.05) is 14.2 Å². The van der Waals surface area contributed by atoms with Crippen LogP contribution in [0.2, 0.25) is 0 Å². The number of carbonyl (C=O) groups excluding carboxylic acids is 1. The molecule has 5 heteroatoms. The van der Waals surface area contributed by atoms with Crippen LogP contribution < -0.4 is 9.47 Å². The molecule has 0 radical (unpaired) electrons. The summed E-state index contributed by atoms with van der Waals surface area (Å²) >= 11 is 0. The molecule has 0 saturated heterocycles. The summed E-state index contributed by atoms with van der Waals surface area (Å²) in [4.78, 5) is 10.4. The van der Waals surface area contributed by atoms with E-state index in [0.717, 1.165) is 6.29 Å². The lowest BCUT2D eigenvalue weighted by Crippen LogP contribution is -1.91. The van der Waals surface area contributed by atoms with Gasteiger partial charge in [0, 0.05) is 5.56 Å². The standard InChI is InChI=1S/C9H10O3.C6H6O2/c1-11-8-4-3-7(6-10)5-9(8)12-2;7-5-3-1-2-4-6(5)8/h3-6H,1-2H3;1-4,7-8H. The molecule has 2 aromatic rings. The smallest absolute Gasteiger partial charge is 0.161 e. The molecule has 0 aliphatic heterocycles. The highest BCUT2D eigenvalue weighted by Crippen LogP contribution is 2.26. The molecule has 2 N–H and O–H groups in total. The van der Waals surface area contributed by atoms with Crippen LogP contribution in [0, 0.1) is 0 Å². The number of hydrogen-bond donors (Lipinski definition) is 2. The number of methoxy groups -OCH3 is 2. The van der Waals surface area contributed by atoms with E-state index in [1.807, 2.05) is 0 Å². The number of benzene rings is 2. The monoisotopic (exact) mass is 276 g/mol. The van der Waals surface area contributed by atoms with E-state index in [9.17, 15) is 4.79 Å². The third kappa shape index (κ3) is 4.20. The maximum Gasteiger partial charge on any atom is 0.161 e. The Balaban J connectivity index is 0.000000217. The van der Waals surface area contributed by atoms with Crippen molar-refractivity contribution in [3.63, 3.8) is 0 Å². The maximum atomic E-state index is 10.4. The van der Waals surface area contributed by atoms with Crippen LogP contribution in [-0.2, 0) is 0 Å². The first-order valence-electron chi connectivity index (χ1n) is 5.76. The first-order chi connectivity index (χ1) is 9.62. The fourth-order valence-corrected chi connectivity index (χ4v) is 1.39. The van der Waals surface area contributed by atoms with Crippen LogP contribution in [0.5, 0.6) is 23.0 Å². The van der Waals surface area contributed by atoms with E-state index in [1.54, 1.807) is 37.4 Å². The lowest BCUT2D eigenvalue weighted by Gasteiger charge is -2.06. The lowest BCUT2D eigenvalue weighted by atomic mass is 10.2. The zero-order chi connectivity index (χ0) is 15.0. The Morgan fingerprint density at radius 1 is 0.900 bits per heavy atom. The average Bonchev–Trinajstić information content (AvgIpc) is 2.50. The van der Waals surface area contributed by atoms with E-state index >= 15 is 0 Å². The second-order valence-electron chi connectivity index (χ2n) is 3.72. The van der Waals surface area contributed by atoms with Gasteiger partial charge in [0.15, 0.2) is 23.0 Å². The molecule has 5 nitrogen and oxygen atoms in total. The van der Waals surface area contributed by atoms with Crippen molar-refractivity contribution < 1.29 is 24.5 Å². The van der Waals surface area contributed by atoms with Gasteiger partial charge in [-0.1, -0.05) is 12.1 Å². The Labute approximate surface area is 117 Å². The van der Waals surface area contributed by atoms with Crippen LogP contribution in [0.15, 0.2) is 42.5 Å². The van der Waals surface area contributed by atoms with Crippen LogP contribution in [0.1, 0.15) is 10.4 Å². The summed E-state index contributed by atoms with van der Waals surface area (Å²) in [5, 5.41) is 17.3. The highest BCUT2D eigenvalue weighted by atomic mass is 16.5. The first kappa shape index (κ1) is 15.4. The molecular weight excluding hydrogens is 260 g/mol. The minimum atomic E-state index is -0.0764. The summed E-state index contributed by atoms with van der Waals surface area (Å²) in [5.74, 6) is 1.05. The predicted molar refractivity (Wildman–Crippen MR) is 74.7 cm³/mol. The molecule has 0 aliphatic rings. The van der Waals surface area contributed by atoms with Crippen LogP contribution in [-0.4, -0.2) is 30.7 Å². The van der Waals surface area contributed by atoms with Gasteiger partial charge in [-0.05, 0) is 30.3 Å². The van der Waals surface area contributed by atoms with E-state index < -0.39 is 0 Å². The SMILES string of the molecule is COc1ccc(C=O)cc1OC.Oc1ccccc1O. The van der Waals surface area contributed by atoms with E-state index in [0.29, 0.717) is 17.1 Å². The molecule has 0 spiro atoms. The molecule has 0 aromatic heterocycles. The van der Waals surface area contributed by atoms with Crippen molar-refractivity contribution in [1.82, 2.24) is 0 Å². The molecule has 0 bridgehead atoms. The predicted octanol–water partition coefficient (Wildman–Crippen LogP) is 2.61. The van der Waals surface area contributed by atoms with Gasteiger partial charge in [0.05, 0.1) is 14.2 Å². The summed E-state index contributed by atoms with van der Waals surface area (Å²) in [7, 11) is 3.09. The van der Waals surface area contributed by atoms with Crippen molar-refractivity contribution in [2.24, 2.45) is 0 Å². The van der Waals surface area contributed by atoms with Gasteiger partial charge < -0.3 is 19.7 Å². The summed E-state index contributed by atoms with van der Waals surface area (Å²) in [5.41, 5.74) is 0.577. The largest absolute Gasteiger partial charge is 0.504 e. The zero-order valence-corrected chi connectivity index (χ0v) is 11.2. The zero-order valence-electron chi connectivity index (χ0n) is 11.2. The third-order valence-electron chi connectivity index (χ3n) is 2.43. The summed E-state index contributed by atoms with van der Waals surface area (Å²) in [6, 6.07) is 11.2. The van der Waals surface area contributed by atoms with Gasteiger partial charge in [0.1, 0.15) is 6.29 Å². The molecule has 2 aromatic carbocycles. The molecule has 20 heavy (non-hydrogen) atoms. The number of aldehydes is 1. The van der Waals surface area contributed by atoms with E-state index in [1.165, 1.54) is 19.2 Å². The van der Waals surface area contributed by atoms with Crippen LogP contribution in [0.25, 0.3) is 0 Å². The molecule has 0 heterocycles. The van der Waals surface area contributed by atoms with Crippen LogP contribution in [0.3, 0.4) is 0 Å². The van der Waals surface area contributed by atoms with Gasteiger partial charge in [0.25, 0.3) is 0 Å². The van der Waals surface area contributed by atoms with Gasteiger partial charge in [0.2, 0.25) is 0 Å². The maximum absolute atomic E-state index is 10.4. The average molecular weight is 276 g/mol. The highest BCUT2D eigenvalue weighted by Gasteiger charge is 2.02. The number of phenolic OH excluding ortho intramolecular Hbond substituents is 2. The Kier molecular flexibility index (Phi) is 5.90. The number of ether oxygens (including phenoxy) is 2. The van der Waals surface area contributed by atoms with Crippen molar-refractivity contribution in [3.05, 3.63) is 48.0 Å². The number of aromatic hydroxyl groups is 2. The molecular formula is C15H16O5. The van der Waals surface area contributed by atoms with Crippen molar-refractivity contribution in [2.45, 2.75) is 0 Å². The second-order valence-corrected chi connectivity index (χ2v) is 3.72. The number of carbonyl (C=O) groups is 1. The van der Waals surface area contributed by atoms with Crippen LogP contribution >= 0.6 is 0 Å². The molecule has 0 amide bonds. The lowest BCUT2D eigenvalue weighted by molar-refractivity contribution is 0.112. The van der Waals surface area contributed by atoms with Gasteiger partial charge in [-0.3, -0.25) is 4.79 Å². The fourth-order valence-electron chi connectivity index (χ4n) is 1.39. The topological polar surface area (TPSA) is 76.0 Å². The molecule has 0 unspecified atom stereocenters. The van der Waals surface area contributed by atoms with Crippen LogP contribution in [0.4, 0.5) is 0 Å². The minimum absolute atomic E-state index is 0.0764. The van der Waals surface area contributed by atoms with Gasteiger partial charge >= 0.3 is 0 Å². The van der Waals surface area contributed by atoms with E-state index in [-0.39, 0.29) is 11.5 Å². The van der Waals surface area contributed by atoms with Gasteiger partial charge in [-0.15, -0.1) is 0 Å². The quantitative estimate of drug-likeness (QED) is 0.665. The molecule has 0 fully saturated rings. The Morgan fingerprint density at radius 2 is 1.45 bits per heavy atom. The number of para-hydroxylation sites is 2. The van der Waals surface area contributed by atoms with Crippen molar-refractivity contribution in [1.29, 1.82) is 0 Å². The number of hydrogen-bond acceptors (Lipinski definition) is 5. The minimum Gasteiger partial charge on any atom is -0.504 e. The molecule has 0 saturated carbocycles.